The molecule has 0 radical (unpaired) electrons. The molecule has 28 heavy (non-hydrogen) atoms. The predicted octanol–water partition coefficient (Wildman–Crippen LogP) is 5.55. The summed E-state index contributed by atoms with van der Waals surface area (Å²) in [6.45, 7) is 6.41. The average Bonchev–Trinajstić information content (AvgIpc) is 3.17. The van der Waals surface area contributed by atoms with Crippen molar-refractivity contribution < 1.29 is 13.2 Å². The summed E-state index contributed by atoms with van der Waals surface area (Å²) in [5, 5.41) is 3.36. The molecular weight excluding hydrogens is 363 g/mol. The van der Waals surface area contributed by atoms with E-state index in [1.807, 2.05) is 24.3 Å². The molecule has 2 aromatic carbocycles. The zero-order valence-corrected chi connectivity index (χ0v) is 16.0. The molecule has 0 aliphatic carbocycles. The molecule has 6 heteroatoms. The van der Waals surface area contributed by atoms with Gasteiger partial charge in [0.15, 0.2) is 0 Å². The molecular formula is C22H24F3N3. The first-order valence-corrected chi connectivity index (χ1v) is 9.69. The van der Waals surface area contributed by atoms with E-state index in [1.54, 1.807) is 0 Å². The third-order valence-corrected chi connectivity index (χ3v) is 5.73. The van der Waals surface area contributed by atoms with E-state index in [0.29, 0.717) is 11.8 Å². The lowest BCUT2D eigenvalue weighted by Gasteiger charge is -2.31. The molecule has 2 atom stereocenters. The van der Waals surface area contributed by atoms with Crippen LogP contribution in [0.1, 0.15) is 43.1 Å². The molecule has 0 amide bonds. The van der Waals surface area contributed by atoms with Gasteiger partial charge in [-0.25, -0.2) is 4.99 Å². The Morgan fingerprint density at radius 2 is 1.79 bits per heavy atom. The van der Waals surface area contributed by atoms with E-state index in [4.69, 9.17) is 4.99 Å². The zero-order chi connectivity index (χ0) is 19.9. The molecule has 2 unspecified atom stereocenters. The number of benzene rings is 2. The molecule has 0 aromatic heterocycles. The lowest BCUT2D eigenvalue weighted by atomic mass is 9.95. The van der Waals surface area contributed by atoms with E-state index in [2.05, 4.69) is 24.1 Å². The summed E-state index contributed by atoms with van der Waals surface area (Å²) in [6.07, 6.45) is -3.59. The Kier molecular flexibility index (Phi) is 4.81. The third-order valence-electron chi connectivity index (χ3n) is 5.73. The highest BCUT2D eigenvalue weighted by Crippen LogP contribution is 2.35. The summed E-state index contributed by atoms with van der Waals surface area (Å²) in [7, 11) is 0. The van der Waals surface area contributed by atoms with Gasteiger partial charge >= 0.3 is 6.18 Å². The topological polar surface area (TPSA) is 27.6 Å². The fraction of sp³-hybridized carbons (Fsp3) is 0.409. The van der Waals surface area contributed by atoms with Crippen molar-refractivity contribution >= 4 is 11.5 Å². The zero-order valence-electron chi connectivity index (χ0n) is 16.0. The number of halogens is 3. The van der Waals surface area contributed by atoms with E-state index in [1.165, 1.54) is 12.1 Å². The van der Waals surface area contributed by atoms with Crippen molar-refractivity contribution in [2.75, 3.05) is 18.4 Å². The fourth-order valence-corrected chi connectivity index (χ4v) is 3.96. The van der Waals surface area contributed by atoms with Crippen LogP contribution in [0.5, 0.6) is 0 Å². The molecule has 0 spiro atoms. The summed E-state index contributed by atoms with van der Waals surface area (Å²) >= 11 is 0. The molecule has 148 valence electrons. The van der Waals surface area contributed by atoms with Crippen LogP contribution in [-0.2, 0) is 6.18 Å². The smallest absolute Gasteiger partial charge is 0.359 e. The Labute approximate surface area is 163 Å². The number of nitrogens with one attached hydrogen (secondary N) is 1. The van der Waals surface area contributed by atoms with Crippen LogP contribution >= 0.6 is 0 Å². The van der Waals surface area contributed by atoms with Gasteiger partial charge in [0.25, 0.3) is 0 Å². The van der Waals surface area contributed by atoms with Crippen molar-refractivity contribution in [1.29, 1.82) is 0 Å². The van der Waals surface area contributed by atoms with E-state index in [0.717, 1.165) is 54.3 Å². The number of fused-ring (bicyclic) bond motifs is 1. The Morgan fingerprint density at radius 3 is 2.43 bits per heavy atom. The van der Waals surface area contributed by atoms with Crippen molar-refractivity contribution in [3.8, 4) is 0 Å². The molecule has 3 nitrogen and oxygen atoms in total. The Bertz CT molecular complexity index is 871. The second kappa shape index (κ2) is 7.15. The summed E-state index contributed by atoms with van der Waals surface area (Å²) < 4.78 is 38.6. The molecule has 2 heterocycles. The van der Waals surface area contributed by atoms with Gasteiger partial charge in [-0.2, -0.15) is 13.2 Å². The highest BCUT2D eigenvalue weighted by molar-refractivity contribution is 6.05. The predicted molar refractivity (Wildman–Crippen MR) is 105 cm³/mol. The lowest BCUT2D eigenvalue weighted by Crippen LogP contribution is -2.34. The lowest BCUT2D eigenvalue weighted by molar-refractivity contribution is -0.137. The van der Waals surface area contributed by atoms with Gasteiger partial charge in [-0.05, 0) is 48.1 Å². The summed E-state index contributed by atoms with van der Waals surface area (Å²) in [5.74, 6) is 2.19. The second-order valence-corrected chi connectivity index (χ2v) is 7.90. The van der Waals surface area contributed by atoms with E-state index < -0.39 is 17.9 Å². The molecule has 2 aliphatic rings. The molecule has 1 saturated heterocycles. The Balaban J connectivity index is 1.66. The number of amidine groups is 1. The number of nitrogens with zero attached hydrogens (tertiary/aromatic N) is 2. The number of hydrogen-bond acceptors (Lipinski definition) is 3. The minimum atomic E-state index is -4.33. The molecule has 2 aromatic rings. The number of likely N-dealkylation sites (tertiary alicyclic amines) is 1. The van der Waals surface area contributed by atoms with Crippen LogP contribution in [0.25, 0.3) is 0 Å². The van der Waals surface area contributed by atoms with Gasteiger partial charge in [0.1, 0.15) is 12.0 Å². The van der Waals surface area contributed by atoms with Crippen molar-refractivity contribution in [3.63, 3.8) is 0 Å². The normalized spacial score (nSPS) is 22.1. The maximum absolute atomic E-state index is 12.9. The summed E-state index contributed by atoms with van der Waals surface area (Å²) in [4.78, 5) is 7.23. The molecule has 2 aliphatic heterocycles. The highest BCUT2D eigenvalue weighted by atomic mass is 19.4. The number of aliphatic imine (C=N–C) groups is 1. The van der Waals surface area contributed by atoms with Crippen molar-refractivity contribution in [1.82, 2.24) is 4.90 Å². The van der Waals surface area contributed by atoms with Gasteiger partial charge in [-0.15, -0.1) is 0 Å². The van der Waals surface area contributed by atoms with Crippen LogP contribution < -0.4 is 5.32 Å². The van der Waals surface area contributed by atoms with Crippen LogP contribution in [0, 0.1) is 11.8 Å². The highest BCUT2D eigenvalue weighted by Gasteiger charge is 2.33. The van der Waals surface area contributed by atoms with Crippen molar-refractivity contribution in [3.05, 3.63) is 65.2 Å². The quantitative estimate of drug-likeness (QED) is 0.731. The van der Waals surface area contributed by atoms with Gasteiger partial charge in [0, 0.05) is 24.3 Å². The number of rotatable bonds is 2. The van der Waals surface area contributed by atoms with Crippen molar-refractivity contribution in [2.45, 2.75) is 32.6 Å². The largest absolute Gasteiger partial charge is 0.416 e. The number of para-hydroxylation sites is 1. The van der Waals surface area contributed by atoms with Gasteiger partial charge in [0.2, 0.25) is 0 Å². The number of hydrogen-bond donors (Lipinski definition) is 1. The maximum atomic E-state index is 12.9. The number of alkyl halides is 3. The second-order valence-electron chi connectivity index (χ2n) is 7.90. The standard InChI is InChI=1S/C22H24F3N3/c1-14(2)16-11-12-28(13-16)21-18-5-3-4-6-19(18)26-20(27-21)15-7-9-17(10-8-15)22(23,24)25/h3-10,14,16,20,26H,11-13H2,1-2H3. The average molecular weight is 387 g/mol. The van der Waals surface area contributed by atoms with Gasteiger partial charge in [0.05, 0.1) is 5.56 Å². The van der Waals surface area contributed by atoms with Gasteiger partial charge in [-0.1, -0.05) is 38.1 Å². The summed E-state index contributed by atoms with van der Waals surface area (Å²) in [5.41, 5.74) is 2.09. The van der Waals surface area contributed by atoms with Crippen LogP contribution in [0.15, 0.2) is 53.5 Å². The van der Waals surface area contributed by atoms with E-state index >= 15 is 0 Å². The SMILES string of the molecule is CC(C)C1CCN(C2=NC(c3ccc(C(F)(F)F)cc3)Nc3ccccc32)C1. The van der Waals surface area contributed by atoms with E-state index in [-0.39, 0.29) is 0 Å². The van der Waals surface area contributed by atoms with Crippen LogP contribution in [-0.4, -0.2) is 23.8 Å². The van der Waals surface area contributed by atoms with Crippen LogP contribution in [0.2, 0.25) is 0 Å². The first-order chi connectivity index (χ1) is 13.3. The fourth-order valence-electron chi connectivity index (χ4n) is 3.96. The molecule has 0 saturated carbocycles. The van der Waals surface area contributed by atoms with Crippen LogP contribution in [0.3, 0.4) is 0 Å². The number of anilines is 1. The summed E-state index contributed by atoms with van der Waals surface area (Å²) in [6, 6.07) is 13.3. The first-order valence-electron chi connectivity index (χ1n) is 9.69. The molecule has 0 bridgehead atoms. The molecule has 1 N–H and O–H groups in total. The minimum absolute atomic E-state index is 0.398. The first kappa shape index (κ1) is 18.8. The molecule has 4 rings (SSSR count). The minimum Gasteiger partial charge on any atom is -0.359 e. The van der Waals surface area contributed by atoms with Crippen molar-refractivity contribution in [2.24, 2.45) is 16.8 Å². The maximum Gasteiger partial charge on any atom is 0.416 e. The third kappa shape index (κ3) is 3.60. The van der Waals surface area contributed by atoms with E-state index in [9.17, 15) is 13.2 Å². The monoisotopic (exact) mass is 387 g/mol. The van der Waals surface area contributed by atoms with Crippen LogP contribution in [0.4, 0.5) is 18.9 Å². The Morgan fingerprint density at radius 1 is 1.07 bits per heavy atom. The van der Waals surface area contributed by atoms with Gasteiger partial charge < -0.3 is 10.2 Å². The Hall–Kier alpha value is -2.50. The molecule has 1 fully saturated rings. The van der Waals surface area contributed by atoms with Gasteiger partial charge in [-0.3, -0.25) is 0 Å².